The van der Waals surface area contributed by atoms with Crippen molar-refractivity contribution in [1.29, 1.82) is 0 Å². The van der Waals surface area contributed by atoms with Gasteiger partial charge in [-0.2, -0.15) is 0 Å². The minimum absolute atomic E-state index is 0.0362. The third kappa shape index (κ3) is 4.12. The molecule has 1 unspecified atom stereocenters. The van der Waals surface area contributed by atoms with Crippen LogP contribution < -0.4 is 4.74 Å². The molecule has 1 amide bonds. The molecule has 0 aromatic heterocycles. The van der Waals surface area contributed by atoms with Crippen LogP contribution in [0.4, 0.5) is 0 Å². The predicted molar refractivity (Wildman–Crippen MR) is 107 cm³/mol. The van der Waals surface area contributed by atoms with E-state index in [2.05, 4.69) is 0 Å². The molecular formula is C23H25NO5. The van der Waals surface area contributed by atoms with Gasteiger partial charge in [0.15, 0.2) is 0 Å². The van der Waals surface area contributed by atoms with E-state index in [1.165, 1.54) is 7.11 Å². The Labute approximate surface area is 170 Å². The predicted octanol–water partition coefficient (Wildman–Crippen LogP) is 3.36. The van der Waals surface area contributed by atoms with Gasteiger partial charge in [0.2, 0.25) is 5.91 Å². The fourth-order valence-corrected chi connectivity index (χ4v) is 3.98. The zero-order valence-corrected chi connectivity index (χ0v) is 16.5. The van der Waals surface area contributed by atoms with E-state index in [9.17, 15) is 9.59 Å². The van der Waals surface area contributed by atoms with Gasteiger partial charge in [-0.15, -0.1) is 0 Å². The fourth-order valence-electron chi connectivity index (χ4n) is 3.98. The molecule has 6 nitrogen and oxygen atoms in total. The van der Waals surface area contributed by atoms with Gasteiger partial charge in [-0.25, -0.2) is 4.79 Å². The molecule has 0 aliphatic carbocycles. The monoisotopic (exact) mass is 395 g/mol. The minimum atomic E-state index is -0.407. The molecule has 29 heavy (non-hydrogen) atoms. The Morgan fingerprint density at radius 1 is 1.07 bits per heavy atom. The van der Waals surface area contributed by atoms with Crippen molar-refractivity contribution in [2.45, 2.75) is 25.4 Å². The third-order valence-electron chi connectivity index (χ3n) is 5.64. The van der Waals surface area contributed by atoms with E-state index in [0.29, 0.717) is 37.7 Å². The average molecular weight is 395 g/mol. The first-order chi connectivity index (χ1) is 14.2. The summed E-state index contributed by atoms with van der Waals surface area (Å²) in [5.41, 5.74) is 2.36. The number of amides is 1. The summed E-state index contributed by atoms with van der Waals surface area (Å²) in [6.07, 6.45) is 1.48. The van der Waals surface area contributed by atoms with Crippen LogP contribution in [0.1, 0.15) is 40.4 Å². The van der Waals surface area contributed by atoms with Crippen LogP contribution in [-0.2, 0) is 20.8 Å². The maximum absolute atomic E-state index is 13.5. The van der Waals surface area contributed by atoms with Crippen molar-refractivity contribution in [3.05, 3.63) is 65.2 Å². The van der Waals surface area contributed by atoms with Crippen LogP contribution in [0.2, 0.25) is 0 Å². The van der Waals surface area contributed by atoms with E-state index < -0.39 is 5.97 Å². The Bertz CT molecular complexity index is 876. The maximum atomic E-state index is 13.5. The van der Waals surface area contributed by atoms with Crippen LogP contribution in [-0.4, -0.2) is 43.7 Å². The molecule has 152 valence electrons. The Morgan fingerprint density at radius 3 is 2.55 bits per heavy atom. The number of carbonyl (C=O) groups is 2. The zero-order chi connectivity index (χ0) is 20.2. The first-order valence-corrected chi connectivity index (χ1v) is 9.94. The largest absolute Gasteiger partial charge is 0.491 e. The second kappa shape index (κ2) is 8.66. The Kier molecular flexibility index (Phi) is 5.81. The summed E-state index contributed by atoms with van der Waals surface area (Å²) in [6.45, 7) is 2.01. The fraction of sp³-hybridized carbons (Fsp3) is 0.391. The number of rotatable bonds is 3. The van der Waals surface area contributed by atoms with Crippen molar-refractivity contribution in [1.82, 2.24) is 4.90 Å². The SMILES string of the molecule is COC(=O)c1ccc2c(c1)OCC(c1ccccc1)N(C(=O)C1CCOCC1)C2. The molecule has 1 saturated heterocycles. The van der Waals surface area contributed by atoms with E-state index in [1.54, 1.807) is 12.1 Å². The molecule has 2 aliphatic rings. The highest BCUT2D eigenvalue weighted by molar-refractivity contribution is 5.90. The maximum Gasteiger partial charge on any atom is 0.337 e. The molecule has 2 aromatic carbocycles. The molecule has 2 heterocycles. The van der Waals surface area contributed by atoms with Gasteiger partial charge in [0, 0.05) is 24.7 Å². The summed E-state index contributed by atoms with van der Waals surface area (Å²) in [4.78, 5) is 27.3. The van der Waals surface area contributed by atoms with E-state index in [1.807, 2.05) is 41.3 Å². The van der Waals surface area contributed by atoms with Gasteiger partial charge in [0.05, 0.1) is 25.3 Å². The van der Waals surface area contributed by atoms with Crippen molar-refractivity contribution >= 4 is 11.9 Å². The Hall–Kier alpha value is -2.86. The summed E-state index contributed by atoms with van der Waals surface area (Å²) >= 11 is 0. The summed E-state index contributed by atoms with van der Waals surface area (Å²) in [5, 5.41) is 0. The lowest BCUT2D eigenvalue weighted by molar-refractivity contribution is -0.142. The zero-order valence-electron chi connectivity index (χ0n) is 16.5. The quantitative estimate of drug-likeness (QED) is 0.746. The average Bonchev–Trinajstić information content (AvgIpc) is 2.98. The van der Waals surface area contributed by atoms with Crippen LogP contribution in [0, 0.1) is 5.92 Å². The minimum Gasteiger partial charge on any atom is -0.491 e. The lowest BCUT2D eigenvalue weighted by atomic mass is 9.96. The van der Waals surface area contributed by atoms with Crippen LogP contribution in [0.15, 0.2) is 48.5 Å². The molecule has 4 rings (SSSR count). The molecule has 1 atom stereocenters. The van der Waals surface area contributed by atoms with Gasteiger partial charge in [-0.05, 0) is 30.5 Å². The van der Waals surface area contributed by atoms with Gasteiger partial charge in [-0.3, -0.25) is 4.79 Å². The standard InChI is InChI=1S/C23H25NO5/c1-27-23(26)18-7-8-19-14-24(22(25)17-9-11-28-12-10-17)20(15-29-21(19)13-18)16-5-3-2-4-6-16/h2-8,13,17,20H,9-12,14-15H2,1H3. The summed E-state index contributed by atoms with van der Waals surface area (Å²) < 4.78 is 16.3. The topological polar surface area (TPSA) is 65.1 Å². The van der Waals surface area contributed by atoms with Crippen molar-refractivity contribution < 1.29 is 23.8 Å². The summed E-state index contributed by atoms with van der Waals surface area (Å²) in [7, 11) is 1.36. The Morgan fingerprint density at radius 2 is 1.83 bits per heavy atom. The normalized spacial score (nSPS) is 19.6. The number of nitrogens with zero attached hydrogens (tertiary/aromatic N) is 1. The number of carbonyl (C=O) groups excluding carboxylic acids is 2. The van der Waals surface area contributed by atoms with E-state index in [-0.39, 0.29) is 17.9 Å². The second-order valence-electron chi connectivity index (χ2n) is 7.40. The summed E-state index contributed by atoms with van der Waals surface area (Å²) in [5.74, 6) is 0.313. The van der Waals surface area contributed by atoms with Crippen molar-refractivity contribution in [2.75, 3.05) is 26.9 Å². The molecule has 0 spiro atoms. The molecule has 6 heteroatoms. The smallest absolute Gasteiger partial charge is 0.337 e. The molecule has 0 N–H and O–H groups in total. The van der Waals surface area contributed by atoms with E-state index in [0.717, 1.165) is 24.0 Å². The number of methoxy groups -OCH3 is 1. The van der Waals surface area contributed by atoms with E-state index >= 15 is 0 Å². The molecule has 2 aromatic rings. The molecule has 1 fully saturated rings. The number of esters is 1. The van der Waals surface area contributed by atoms with Crippen LogP contribution in [0.25, 0.3) is 0 Å². The molecular weight excluding hydrogens is 370 g/mol. The first-order valence-electron chi connectivity index (χ1n) is 9.94. The van der Waals surface area contributed by atoms with Crippen LogP contribution in [0.5, 0.6) is 5.75 Å². The lowest BCUT2D eigenvalue weighted by Crippen LogP contribution is -2.41. The van der Waals surface area contributed by atoms with E-state index in [4.69, 9.17) is 14.2 Å². The molecule has 0 radical (unpaired) electrons. The first kappa shape index (κ1) is 19.5. The highest BCUT2D eigenvalue weighted by Gasteiger charge is 2.34. The van der Waals surface area contributed by atoms with Crippen molar-refractivity contribution in [3.63, 3.8) is 0 Å². The van der Waals surface area contributed by atoms with Gasteiger partial charge in [-0.1, -0.05) is 36.4 Å². The summed E-state index contributed by atoms with van der Waals surface area (Å²) in [6, 6.07) is 15.0. The van der Waals surface area contributed by atoms with Gasteiger partial charge >= 0.3 is 5.97 Å². The second-order valence-corrected chi connectivity index (χ2v) is 7.40. The number of hydrogen-bond donors (Lipinski definition) is 0. The third-order valence-corrected chi connectivity index (χ3v) is 5.64. The Balaban J connectivity index is 1.68. The highest BCUT2D eigenvalue weighted by atomic mass is 16.5. The molecule has 2 aliphatic heterocycles. The van der Waals surface area contributed by atoms with Gasteiger partial charge in [0.25, 0.3) is 0 Å². The van der Waals surface area contributed by atoms with Crippen molar-refractivity contribution in [2.24, 2.45) is 5.92 Å². The number of fused-ring (bicyclic) bond motifs is 1. The molecule has 0 bridgehead atoms. The number of benzene rings is 2. The van der Waals surface area contributed by atoms with Crippen molar-refractivity contribution in [3.8, 4) is 5.75 Å². The van der Waals surface area contributed by atoms with Crippen LogP contribution >= 0.6 is 0 Å². The number of ether oxygens (including phenoxy) is 3. The molecule has 0 saturated carbocycles. The lowest BCUT2D eigenvalue weighted by Gasteiger charge is -2.34. The number of hydrogen-bond acceptors (Lipinski definition) is 5. The van der Waals surface area contributed by atoms with Gasteiger partial charge < -0.3 is 19.1 Å². The van der Waals surface area contributed by atoms with Crippen LogP contribution in [0.3, 0.4) is 0 Å². The highest BCUT2D eigenvalue weighted by Crippen LogP contribution is 2.34. The van der Waals surface area contributed by atoms with Gasteiger partial charge in [0.1, 0.15) is 12.4 Å².